The van der Waals surface area contributed by atoms with Crippen molar-refractivity contribution in [1.82, 2.24) is 9.88 Å². The quantitative estimate of drug-likeness (QED) is 0.762. The second-order valence-corrected chi connectivity index (χ2v) is 6.45. The van der Waals surface area contributed by atoms with Gasteiger partial charge in [0.2, 0.25) is 5.91 Å². The van der Waals surface area contributed by atoms with E-state index in [4.69, 9.17) is 8.83 Å². The van der Waals surface area contributed by atoms with Gasteiger partial charge in [0.25, 0.3) is 5.89 Å². The molecule has 3 aromatic rings. The summed E-state index contributed by atoms with van der Waals surface area (Å²) in [6, 6.07) is 9.80. The molecule has 1 aromatic carbocycles. The molecule has 0 fully saturated rings. The largest absolute Gasteiger partial charge is 0.479 e. The maximum atomic E-state index is 12.9. The Hall–Kier alpha value is -3.35. The third-order valence-corrected chi connectivity index (χ3v) is 4.78. The number of carbonyl (C=O) groups is 2. The number of carboxylic acid groups (broad SMARTS) is 1. The molecule has 1 aliphatic rings. The number of aryl methyl sites for hydroxylation is 1. The molecular weight excluding hydrogens is 348 g/mol. The number of fused-ring (bicyclic) bond motifs is 1. The minimum Gasteiger partial charge on any atom is -0.479 e. The summed E-state index contributed by atoms with van der Waals surface area (Å²) in [6.07, 6.45) is 2.12. The van der Waals surface area contributed by atoms with E-state index in [2.05, 4.69) is 4.98 Å². The Kier molecular flexibility index (Phi) is 4.27. The number of furan rings is 1. The average Bonchev–Trinajstić information content (AvgIpc) is 3.31. The molecule has 0 saturated heterocycles. The maximum Gasteiger partial charge on any atom is 0.331 e. The van der Waals surface area contributed by atoms with Crippen molar-refractivity contribution in [1.29, 1.82) is 0 Å². The van der Waals surface area contributed by atoms with E-state index in [1.165, 1.54) is 11.2 Å². The molecule has 1 amide bonds. The molecule has 138 valence electrons. The van der Waals surface area contributed by atoms with Crippen LogP contribution in [0.3, 0.4) is 0 Å². The van der Waals surface area contributed by atoms with E-state index in [1.807, 2.05) is 12.1 Å². The van der Waals surface area contributed by atoms with Crippen LogP contribution in [-0.2, 0) is 22.4 Å². The number of rotatable bonds is 4. The Morgan fingerprint density at radius 2 is 2.07 bits per heavy atom. The maximum absolute atomic E-state index is 12.9. The van der Waals surface area contributed by atoms with Gasteiger partial charge in [0.15, 0.2) is 11.8 Å². The lowest BCUT2D eigenvalue weighted by Crippen LogP contribution is -2.44. The Morgan fingerprint density at radius 3 is 2.81 bits per heavy atom. The molecule has 1 aliphatic heterocycles. The molecule has 2 aromatic heterocycles. The summed E-state index contributed by atoms with van der Waals surface area (Å²) < 4.78 is 10.9. The summed E-state index contributed by atoms with van der Waals surface area (Å²) in [5.74, 6) is -0.0341. The van der Waals surface area contributed by atoms with E-state index in [1.54, 1.807) is 31.2 Å². The van der Waals surface area contributed by atoms with Crippen LogP contribution < -0.4 is 0 Å². The van der Waals surface area contributed by atoms with Gasteiger partial charge in [-0.15, -0.1) is 0 Å². The molecule has 4 rings (SSSR count). The molecule has 27 heavy (non-hydrogen) atoms. The van der Waals surface area contributed by atoms with Gasteiger partial charge in [0.05, 0.1) is 18.4 Å². The highest BCUT2D eigenvalue weighted by Crippen LogP contribution is 2.31. The predicted molar refractivity (Wildman–Crippen MR) is 94.9 cm³/mol. The molecule has 0 saturated carbocycles. The zero-order valence-electron chi connectivity index (χ0n) is 14.7. The first kappa shape index (κ1) is 17.1. The normalized spacial score (nSPS) is 16.2. The lowest BCUT2D eigenvalue weighted by atomic mass is 9.92. The lowest BCUT2D eigenvalue weighted by molar-refractivity contribution is -0.151. The number of benzene rings is 1. The predicted octanol–water partition coefficient (Wildman–Crippen LogP) is 3.00. The fourth-order valence-electron chi connectivity index (χ4n) is 3.44. The molecule has 1 N–H and O–H groups in total. The van der Waals surface area contributed by atoms with Crippen molar-refractivity contribution in [2.75, 3.05) is 6.54 Å². The third-order valence-electron chi connectivity index (χ3n) is 4.78. The van der Waals surface area contributed by atoms with Crippen molar-refractivity contribution >= 4 is 11.9 Å². The molecule has 0 radical (unpaired) electrons. The van der Waals surface area contributed by atoms with Crippen molar-refractivity contribution in [3.05, 3.63) is 65.2 Å². The Labute approximate surface area is 155 Å². The molecule has 1 unspecified atom stereocenters. The van der Waals surface area contributed by atoms with Gasteiger partial charge in [0.1, 0.15) is 5.76 Å². The Morgan fingerprint density at radius 1 is 1.26 bits per heavy atom. The van der Waals surface area contributed by atoms with Gasteiger partial charge in [0, 0.05) is 6.54 Å². The number of hydrogen-bond acceptors (Lipinski definition) is 5. The van der Waals surface area contributed by atoms with Crippen LogP contribution >= 0.6 is 0 Å². The van der Waals surface area contributed by atoms with Gasteiger partial charge >= 0.3 is 5.97 Å². The number of aromatic nitrogens is 1. The van der Waals surface area contributed by atoms with E-state index in [9.17, 15) is 14.7 Å². The summed E-state index contributed by atoms with van der Waals surface area (Å²) in [5.41, 5.74) is 2.11. The second-order valence-electron chi connectivity index (χ2n) is 6.45. The topological polar surface area (TPSA) is 96.8 Å². The highest BCUT2D eigenvalue weighted by atomic mass is 16.4. The van der Waals surface area contributed by atoms with Crippen LogP contribution in [-0.4, -0.2) is 33.4 Å². The van der Waals surface area contributed by atoms with Crippen molar-refractivity contribution in [2.45, 2.75) is 25.8 Å². The Balaban J connectivity index is 1.59. The third kappa shape index (κ3) is 3.12. The number of nitrogens with zero attached hydrogens (tertiary/aromatic N) is 2. The van der Waals surface area contributed by atoms with E-state index >= 15 is 0 Å². The fraction of sp³-hybridized carbons (Fsp3) is 0.250. The standard InChI is InChI=1S/C20H18N2O5/c1-12-15(21-19(27-12)16-7-4-10-26-16)11-17(23)22-9-8-13-5-2-3-6-14(13)18(22)20(24)25/h2-7,10,18H,8-9,11H2,1H3,(H,24,25). The van der Waals surface area contributed by atoms with Crippen molar-refractivity contribution in [3.63, 3.8) is 0 Å². The SMILES string of the molecule is Cc1oc(-c2ccco2)nc1CC(=O)N1CCc2ccccc2C1C(=O)O. The summed E-state index contributed by atoms with van der Waals surface area (Å²) in [5, 5.41) is 9.71. The van der Waals surface area contributed by atoms with Crippen LogP contribution in [0.25, 0.3) is 11.7 Å². The molecule has 0 spiro atoms. The summed E-state index contributed by atoms with van der Waals surface area (Å²) >= 11 is 0. The molecule has 1 atom stereocenters. The monoisotopic (exact) mass is 366 g/mol. The number of hydrogen-bond donors (Lipinski definition) is 1. The highest BCUT2D eigenvalue weighted by Gasteiger charge is 2.36. The van der Waals surface area contributed by atoms with E-state index < -0.39 is 12.0 Å². The minimum absolute atomic E-state index is 0.0258. The van der Waals surface area contributed by atoms with Gasteiger partial charge in [-0.1, -0.05) is 24.3 Å². The van der Waals surface area contributed by atoms with Gasteiger partial charge in [-0.05, 0) is 36.6 Å². The number of carbonyl (C=O) groups excluding carboxylic acids is 1. The summed E-state index contributed by atoms with van der Waals surface area (Å²) in [6.45, 7) is 2.08. The van der Waals surface area contributed by atoms with Crippen molar-refractivity contribution in [3.8, 4) is 11.7 Å². The molecule has 7 nitrogen and oxygen atoms in total. The average molecular weight is 366 g/mol. The van der Waals surface area contributed by atoms with Gasteiger partial charge in [-0.3, -0.25) is 4.79 Å². The van der Waals surface area contributed by atoms with Crippen LogP contribution in [0.4, 0.5) is 0 Å². The van der Waals surface area contributed by atoms with Crippen LogP contribution in [0.1, 0.15) is 28.6 Å². The van der Waals surface area contributed by atoms with Gasteiger partial charge < -0.3 is 18.8 Å². The molecule has 0 aliphatic carbocycles. The molecule has 0 bridgehead atoms. The zero-order chi connectivity index (χ0) is 19.0. The highest BCUT2D eigenvalue weighted by molar-refractivity contribution is 5.86. The summed E-state index contributed by atoms with van der Waals surface area (Å²) in [4.78, 5) is 30.5. The van der Waals surface area contributed by atoms with Crippen molar-refractivity contribution in [2.24, 2.45) is 0 Å². The Bertz CT molecular complexity index is 990. The smallest absolute Gasteiger partial charge is 0.331 e. The minimum atomic E-state index is -1.04. The zero-order valence-corrected chi connectivity index (χ0v) is 14.7. The van der Waals surface area contributed by atoms with Crippen molar-refractivity contribution < 1.29 is 23.5 Å². The fourth-order valence-corrected chi connectivity index (χ4v) is 3.44. The number of aliphatic carboxylic acids is 1. The molecule has 3 heterocycles. The molecule has 7 heteroatoms. The first-order chi connectivity index (χ1) is 13.0. The van der Waals surface area contributed by atoms with Crippen LogP contribution in [0.15, 0.2) is 51.5 Å². The number of oxazole rings is 1. The number of carboxylic acids is 1. The van der Waals surface area contributed by atoms with Gasteiger partial charge in [-0.25, -0.2) is 9.78 Å². The van der Waals surface area contributed by atoms with E-state index in [-0.39, 0.29) is 12.3 Å². The molecular formula is C20H18N2O5. The van der Waals surface area contributed by atoms with E-state index in [0.717, 1.165) is 5.56 Å². The first-order valence-corrected chi connectivity index (χ1v) is 8.65. The van der Waals surface area contributed by atoms with E-state index in [0.29, 0.717) is 41.6 Å². The van der Waals surface area contributed by atoms with Crippen LogP contribution in [0, 0.1) is 6.92 Å². The first-order valence-electron chi connectivity index (χ1n) is 8.65. The van der Waals surface area contributed by atoms with Crippen LogP contribution in [0.2, 0.25) is 0 Å². The number of amides is 1. The van der Waals surface area contributed by atoms with Crippen LogP contribution in [0.5, 0.6) is 0 Å². The lowest BCUT2D eigenvalue weighted by Gasteiger charge is -2.34. The van der Waals surface area contributed by atoms with Gasteiger partial charge in [-0.2, -0.15) is 0 Å². The summed E-state index contributed by atoms with van der Waals surface area (Å²) in [7, 11) is 0. The second kappa shape index (κ2) is 6.75.